The van der Waals surface area contributed by atoms with Crippen molar-refractivity contribution < 1.29 is 0 Å². The molecule has 42 valence electrons. The largest absolute Gasteiger partial charge is 0.125 e. The molecule has 0 radical (unpaired) electrons. The summed E-state index contributed by atoms with van der Waals surface area (Å²) in [5.41, 5.74) is 0. The smallest absolute Gasteiger partial charge is 0.0505 e. The van der Waals surface area contributed by atoms with E-state index in [1.54, 1.807) is 6.08 Å². The first kappa shape index (κ1) is 7.32. The zero-order valence-electron chi connectivity index (χ0n) is 4.03. The molecular formula is C5H8Cl2. The molecule has 0 amide bonds. The van der Waals surface area contributed by atoms with Crippen molar-refractivity contribution in [1.82, 2.24) is 0 Å². The van der Waals surface area contributed by atoms with E-state index in [2.05, 4.69) is 6.58 Å². The second-order valence-electron chi connectivity index (χ2n) is 1.28. The molecule has 0 aliphatic carbocycles. The van der Waals surface area contributed by atoms with Gasteiger partial charge in [-0.1, -0.05) is 6.08 Å². The topological polar surface area (TPSA) is 0 Å². The van der Waals surface area contributed by atoms with Crippen LogP contribution in [0, 0.1) is 0 Å². The highest BCUT2D eigenvalue weighted by atomic mass is 35.5. The third-order valence-corrected chi connectivity index (χ3v) is 1.45. The van der Waals surface area contributed by atoms with Crippen LogP contribution in [0.2, 0.25) is 0 Å². The minimum Gasteiger partial charge on any atom is -0.125 e. The van der Waals surface area contributed by atoms with E-state index in [0.717, 1.165) is 6.42 Å². The van der Waals surface area contributed by atoms with Crippen molar-refractivity contribution in [2.24, 2.45) is 0 Å². The Labute approximate surface area is 54.1 Å². The van der Waals surface area contributed by atoms with Gasteiger partial charge in [-0.2, -0.15) is 0 Å². The van der Waals surface area contributed by atoms with Gasteiger partial charge in [-0.05, 0) is 6.42 Å². The zero-order chi connectivity index (χ0) is 5.70. The molecule has 0 fully saturated rings. The molecule has 0 saturated carbocycles. The third kappa shape index (κ3) is 4.17. The molecule has 7 heavy (non-hydrogen) atoms. The highest BCUT2D eigenvalue weighted by molar-refractivity contribution is 6.28. The van der Waals surface area contributed by atoms with Crippen molar-refractivity contribution in [2.75, 3.05) is 5.88 Å². The number of hydrogen-bond acceptors (Lipinski definition) is 0. The third-order valence-electron chi connectivity index (χ3n) is 0.590. The quantitative estimate of drug-likeness (QED) is 0.416. The average molecular weight is 139 g/mol. The normalized spacial score (nSPS) is 13.4. The van der Waals surface area contributed by atoms with E-state index in [4.69, 9.17) is 23.2 Å². The lowest BCUT2D eigenvalue weighted by Gasteiger charge is -1.95. The summed E-state index contributed by atoms with van der Waals surface area (Å²) in [6.45, 7) is 3.51. The molecule has 2 heteroatoms. The van der Waals surface area contributed by atoms with Crippen molar-refractivity contribution in [3.63, 3.8) is 0 Å². The summed E-state index contributed by atoms with van der Waals surface area (Å²) in [7, 11) is 0. The van der Waals surface area contributed by atoms with Crippen molar-refractivity contribution >= 4 is 23.2 Å². The summed E-state index contributed by atoms with van der Waals surface area (Å²) in [5.74, 6) is 0.508. The second-order valence-corrected chi connectivity index (χ2v) is 2.20. The number of hydrogen-bond donors (Lipinski definition) is 0. The molecule has 0 aliphatic heterocycles. The Bertz CT molecular complexity index is 52.0. The number of rotatable bonds is 3. The maximum Gasteiger partial charge on any atom is 0.0505 e. The Kier molecular flexibility index (Phi) is 4.68. The standard InChI is InChI=1S/C5H8Cl2/c1-2-3-5(7)4-6/h2,5H,1,3-4H2. The molecule has 0 aliphatic rings. The minimum atomic E-state index is 0.0687. The summed E-state index contributed by atoms with van der Waals surface area (Å²) >= 11 is 10.9. The SMILES string of the molecule is C=CCC(Cl)CCl. The predicted octanol–water partition coefficient (Wildman–Crippen LogP) is 2.41. The highest BCUT2D eigenvalue weighted by Gasteiger charge is 1.95. The first-order valence-electron chi connectivity index (χ1n) is 2.12. The number of halogens is 2. The van der Waals surface area contributed by atoms with E-state index in [0.29, 0.717) is 5.88 Å². The summed E-state index contributed by atoms with van der Waals surface area (Å²) in [4.78, 5) is 0. The van der Waals surface area contributed by atoms with Gasteiger partial charge in [0.15, 0.2) is 0 Å². The minimum absolute atomic E-state index is 0.0687. The van der Waals surface area contributed by atoms with Gasteiger partial charge in [0, 0.05) is 5.88 Å². The first-order valence-corrected chi connectivity index (χ1v) is 3.09. The van der Waals surface area contributed by atoms with Crippen LogP contribution in [0.25, 0.3) is 0 Å². The Morgan fingerprint density at radius 2 is 2.29 bits per heavy atom. The van der Waals surface area contributed by atoms with Crippen LogP contribution >= 0.6 is 23.2 Å². The molecule has 0 spiro atoms. The molecule has 0 aromatic carbocycles. The van der Waals surface area contributed by atoms with Crippen LogP contribution in [0.4, 0.5) is 0 Å². The maximum atomic E-state index is 5.56. The monoisotopic (exact) mass is 138 g/mol. The van der Waals surface area contributed by atoms with Crippen LogP contribution in [0.5, 0.6) is 0 Å². The van der Waals surface area contributed by atoms with Gasteiger partial charge in [0.25, 0.3) is 0 Å². The fourth-order valence-electron chi connectivity index (χ4n) is 0.244. The summed E-state index contributed by atoms with van der Waals surface area (Å²) in [6.07, 6.45) is 2.56. The van der Waals surface area contributed by atoms with E-state index in [1.165, 1.54) is 0 Å². The van der Waals surface area contributed by atoms with Crippen LogP contribution < -0.4 is 0 Å². The van der Waals surface area contributed by atoms with Gasteiger partial charge in [0.1, 0.15) is 0 Å². The lowest BCUT2D eigenvalue weighted by molar-refractivity contribution is 0.979. The summed E-state index contributed by atoms with van der Waals surface area (Å²) < 4.78 is 0. The first-order chi connectivity index (χ1) is 3.31. The van der Waals surface area contributed by atoms with Crippen LogP contribution in [0.15, 0.2) is 12.7 Å². The van der Waals surface area contributed by atoms with E-state index >= 15 is 0 Å². The number of allylic oxidation sites excluding steroid dienone is 1. The molecule has 0 aromatic heterocycles. The summed E-state index contributed by atoms with van der Waals surface area (Å²) in [5, 5.41) is 0.0687. The Balaban J connectivity index is 2.98. The van der Waals surface area contributed by atoms with Crippen LogP contribution in [0.1, 0.15) is 6.42 Å². The predicted molar refractivity (Wildman–Crippen MR) is 35.2 cm³/mol. The molecule has 0 N–H and O–H groups in total. The number of alkyl halides is 2. The van der Waals surface area contributed by atoms with Crippen molar-refractivity contribution in [3.8, 4) is 0 Å². The maximum absolute atomic E-state index is 5.56. The van der Waals surface area contributed by atoms with Gasteiger partial charge in [0.05, 0.1) is 5.38 Å². The Morgan fingerprint density at radius 3 is 2.43 bits per heavy atom. The average Bonchev–Trinajstić information content (AvgIpc) is 1.68. The molecular weight excluding hydrogens is 131 g/mol. The molecule has 0 saturated heterocycles. The summed E-state index contributed by atoms with van der Waals surface area (Å²) in [6, 6.07) is 0. The Hall–Kier alpha value is 0.320. The van der Waals surface area contributed by atoms with E-state index < -0.39 is 0 Å². The molecule has 1 unspecified atom stereocenters. The van der Waals surface area contributed by atoms with Gasteiger partial charge < -0.3 is 0 Å². The fourth-order valence-corrected chi connectivity index (χ4v) is 0.496. The highest BCUT2D eigenvalue weighted by Crippen LogP contribution is 2.03. The van der Waals surface area contributed by atoms with Gasteiger partial charge in [0.2, 0.25) is 0 Å². The fraction of sp³-hybridized carbons (Fsp3) is 0.600. The van der Waals surface area contributed by atoms with Crippen molar-refractivity contribution in [3.05, 3.63) is 12.7 Å². The van der Waals surface area contributed by atoms with Crippen molar-refractivity contribution in [1.29, 1.82) is 0 Å². The van der Waals surface area contributed by atoms with E-state index in [-0.39, 0.29) is 5.38 Å². The van der Waals surface area contributed by atoms with Crippen LogP contribution in [-0.2, 0) is 0 Å². The van der Waals surface area contributed by atoms with Crippen LogP contribution in [0.3, 0.4) is 0 Å². The van der Waals surface area contributed by atoms with Crippen molar-refractivity contribution in [2.45, 2.75) is 11.8 Å². The van der Waals surface area contributed by atoms with E-state index in [9.17, 15) is 0 Å². The van der Waals surface area contributed by atoms with Gasteiger partial charge in [-0.25, -0.2) is 0 Å². The second kappa shape index (κ2) is 4.48. The van der Waals surface area contributed by atoms with Gasteiger partial charge >= 0.3 is 0 Å². The molecule has 0 bridgehead atoms. The molecule has 0 aromatic rings. The molecule has 1 atom stereocenters. The van der Waals surface area contributed by atoms with E-state index in [1.807, 2.05) is 0 Å². The van der Waals surface area contributed by atoms with Crippen LogP contribution in [-0.4, -0.2) is 11.3 Å². The molecule has 0 rings (SSSR count). The zero-order valence-corrected chi connectivity index (χ0v) is 5.54. The van der Waals surface area contributed by atoms with Gasteiger partial charge in [-0.15, -0.1) is 29.8 Å². The lowest BCUT2D eigenvalue weighted by atomic mass is 10.3. The molecule has 0 heterocycles. The molecule has 0 nitrogen and oxygen atoms in total. The Morgan fingerprint density at radius 1 is 1.71 bits per heavy atom. The lowest BCUT2D eigenvalue weighted by Crippen LogP contribution is -1.95. The van der Waals surface area contributed by atoms with Gasteiger partial charge in [-0.3, -0.25) is 0 Å².